The SMILES string of the molecule is CC(N)Cn1c2c(c(=O)[nH]c1=S)NCN2. The summed E-state index contributed by atoms with van der Waals surface area (Å²) in [6.45, 7) is 3.00. The van der Waals surface area contributed by atoms with Gasteiger partial charge in [-0.2, -0.15) is 0 Å². The van der Waals surface area contributed by atoms with E-state index in [0.29, 0.717) is 23.7 Å². The van der Waals surface area contributed by atoms with Crippen molar-refractivity contribution in [3.63, 3.8) is 0 Å². The van der Waals surface area contributed by atoms with Gasteiger partial charge in [0.15, 0.2) is 4.77 Å². The third kappa shape index (κ3) is 1.75. The van der Waals surface area contributed by atoms with Crippen molar-refractivity contribution in [3.05, 3.63) is 15.1 Å². The number of aromatic amines is 1. The predicted octanol–water partition coefficient (Wildman–Crippen LogP) is 0.0480. The highest BCUT2D eigenvalue weighted by atomic mass is 32.1. The molecule has 82 valence electrons. The van der Waals surface area contributed by atoms with Crippen molar-refractivity contribution >= 4 is 23.7 Å². The van der Waals surface area contributed by atoms with Gasteiger partial charge in [-0.25, -0.2) is 0 Å². The van der Waals surface area contributed by atoms with Gasteiger partial charge in [0, 0.05) is 12.6 Å². The Kier molecular flexibility index (Phi) is 2.49. The molecule has 0 spiro atoms. The number of nitrogens with zero attached hydrogens (tertiary/aromatic N) is 1. The van der Waals surface area contributed by atoms with Crippen LogP contribution in [0.4, 0.5) is 11.5 Å². The molecule has 1 aliphatic rings. The molecule has 0 bridgehead atoms. The van der Waals surface area contributed by atoms with Crippen LogP contribution in [0.1, 0.15) is 6.92 Å². The van der Waals surface area contributed by atoms with Crippen molar-refractivity contribution < 1.29 is 0 Å². The molecule has 2 rings (SSSR count). The molecule has 5 N–H and O–H groups in total. The van der Waals surface area contributed by atoms with Gasteiger partial charge >= 0.3 is 0 Å². The van der Waals surface area contributed by atoms with Gasteiger partial charge in [-0.1, -0.05) is 0 Å². The smallest absolute Gasteiger partial charge is 0.277 e. The second-order valence-electron chi connectivity index (χ2n) is 3.60. The maximum absolute atomic E-state index is 11.5. The van der Waals surface area contributed by atoms with Crippen LogP contribution in [0.15, 0.2) is 4.79 Å². The first kappa shape index (κ1) is 10.2. The number of fused-ring (bicyclic) bond motifs is 1. The molecular weight excluding hydrogens is 214 g/mol. The van der Waals surface area contributed by atoms with Gasteiger partial charge in [0.2, 0.25) is 0 Å². The molecule has 1 aromatic rings. The third-order valence-electron chi connectivity index (χ3n) is 2.19. The Labute approximate surface area is 91.5 Å². The normalized spacial score (nSPS) is 15.3. The number of rotatable bonds is 2. The fourth-order valence-corrected chi connectivity index (χ4v) is 1.86. The molecule has 0 aromatic carbocycles. The molecule has 2 heterocycles. The van der Waals surface area contributed by atoms with Crippen LogP contribution >= 0.6 is 12.2 Å². The van der Waals surface area contributed by atoms with Gasteiger partial charge in [0.1, 0.15) is 11.5 Å². The van der Waals surface area contributed by atoms with Crippen molar-refractivity contribution in [1.29, 1.82) is 0 Å². The van der Waals surface area contributed by atoms with Gasteiger partial charge < -0.3 is 20.9 Å². The zero-order valence-electron chi connectivity index (χ0n) is 8.33. The average molecular weight is 227 g/mol. The molecule has 0 aliphatic carbocycles. The molecule has 1 aliphatic heterocycles. The molecule has 0 saturated carbocycles. The highest BCUT2D eigenvalue weighted by Gasteiger charge is 2.18. The predicted molar refractivity (Wildman–Crippen MR) is 61.6 cm³/mol. The van der Waals surface area contributed by atoms with E-state index >= 15 is 0 Å². The second-order valence-corrected chi connectivity index (χ2v) is 3.99. The lowest BCUT2D eigenvalue weighted by Gasteiger charge is -2.13. The minimum absolute atomic E-state index is 0.0193. The van der Waals surface area contributed by atoms with E-state index in [0.717, 1.165) is 5.82 Å². The molecule has 1 atom stereocenters. The summed E-state index contributed by atoms with van der Waals surface area (Å²) < 4.78 is 2.20. The van der Waals surface area contributed by atoms with E-state index in [1.165, 1.54) is 0 Å². The average Bonchev–Trinajstić information content (AvgIpc) is 2.60. The van der Waals surface area contributed by atoms with Crippen molar-refractivity contribution in [3.8, 4) is 0 Å². The summed E-state index contributed by atoms with van der Waals surface area (Å²) in [7, 11) is 0. The zero-order valence-corrected chi connectivity index (χ0v) is 9.15. The lowest BCUT2D eigenvalue weighted by molar-refractivity contribution is 0.579. The summed E-state index contributed by atoms with van der Waals surface area (Å²) in [6.07, 6.45) is 0. The molecule has 0 fully saturated rings. The number of anilines is 2. The summed E-state index contributed by atoms with van der Waals surface area (Å²) in [4.78, 5) is 14.1. The lowest BCUT2D eigenvalue weighted by atomic mass is 10.3. The fourth-order valence-electron chi connectivity index (χ4n) is 1.60. The molecule has 0 amide bonds. The van der Waals surface area contributed by atoms with E-state index in [1.807, 2.05) is 6.92 Å². The largest absolute Gasteiger partial charge is 0.360 e. The van der Waals surface area contributed by atoms with Gasteiger partial charge in [-0.3, -0.25) is 9.78 Å². The summed E-state index contributed by atoms with van der Waals surface area (Å²) in [6, 6.07) is -0.0193. The molecule has 1 unspecified atom stereocenters. The highest BCUT2D eigenvalue weighted by molar-refractivity contribution is 7.71. The first-order valence-corrected chi connectivity index (χ1v) is 5.11. The van der Waals surface area contributed by atoms with E-state index in [9.17, 15) is 4.79 Å². The molecule has 0 saturated heterocycles. The molecule has 15 heavy (non-hydrogen) atoms. The van der Waals surface area contributed by atoms with Crippen LogP contribution in [-0.2, 0) is 6.54 Å². The maximum atomic E-state index is 11.5. The highest BCUT2D eigenvalue weighted by Crippen LogP contribution is 2.21. The second kappa shape index (κ2) is 3.67. The number of H-pyrrole nitrogens is 1. The van der Waals surface area contributed by atoms with Crippen LogP contribution in [0.5, 0.6) is 0 Å². The van der Waals surface area contributed by atoms with Crippen molar-refractivity contribution in [2.24, 2.45) is 5.73 Å². The number of nitrogens with two attached hydrogens (primary N) is 1. The van der Waals surface area contributed by atoms with Crippen LogP contribution in [-0.4, -0.2) is 22.3 Å². The first-order valence-electron chi connectivity index (χ1n) is 4.70. The van der Waals surface area contributed by atoms with Crippen molar-refractivity contribution in [1.82, 2.24) is 9.55 Å². The topological polar surface area (TPSA) is 87.9 Å². The standard InChI is InChI=1S/C8H13N5OS/c1-4(9)2-13-6-5(10-3-11-6)7(14)12-8(13)15/h4,10-11H,2-3,9H2,1H3,(H,12,14,15). The summed E-state index contributed by atoms with van der Waals surface area (Å²) >= 11 is 5.08. The summed E-state index contributed by atoms with van der Waals surface area (Å²) in [5, 5.41) is 6.01. The Bertz CT molecular complexity index is 489. The Morgan fingerprint density at radius 2 is 2.33 bits per heavy atom. The van der Waals surface area contributed by atoms with Crippen LogP contribution in [0.3, 0.4) is 0 Å². The van der Waals surface area contributed by atoms with Crippen molar-refractivity contribution in [2.45, 2.75) is 19.5 Å². The van der Waals surface area contributed by atoms with E-state index in [-0.39, 0.29) is 11.6 Å². The number of nitrogens with one attached hydrogen (secondary N) is 3. The minimum Gasteiger partial charge on any atom is -0.360 e. The van der Waals surface area contributed by atoms with E-state index in [4.69, 9.17) is 18.0 Å². The molecule has 7 heteroatoms. The monoisotopic (exact) mass is 227 g/mol. The van der Waals surface area contributed by atoms with Crippen molar-refractivity contribution in [2.75, 3.05) is 17.3 Å². The molecule has 1 aromatic heterocycles. The number of hydrogen-bond acceptors (Lipinski definition) is 5. The van der Waals surface area contributed by atoms with Gasteiger partial charge in [0.05, 0.1) is 6.67 Å². The van der Waals surface area contributed by atoms with Crippen LogP contribution in [0.2, 0.25) is 0 Å². The number of aromatic nitrogens is 2. The van der Waals surface area contributed by atoms with Gasteiger partial charge in [-0.05, 0) is 19.1 Å². The fraction of sp³-hybridized carbons (Fsp3) is 0.500. The summed E-state index contributed by atoms with van der Waals surface area (Å²) in [5.74, 6) is 0.723. The van der Waals surface area contributed by atoms with Gasteiger partial charge in [-0.15, -0.1) is 0 Å². The maximum Gasteiger partial charge on any atom is 0.277 e. The number of hydrogen-bond donors (Lipinski definition) is 4. The van der Waals surface area contributed by atoms with Crippen LogP contribution < -0.4 is 21.9 Å². The lowest BCUT2D eigenvalue weighted by Crippen LogP contribution is -2.25. The van der Waals surface area contributed by atoms with E-state index in [1.54, 1.807) is 4.57 Å². The third-order valence-corrected chi connectivity index (χ3v) is 2.51. The Morgan fingerprint density at radius 3 is 3.00 bits per heavy atom. The van der Waals surface area contributed by atoms with E-state index in [2.05, 4.69) is 15.6 Å². The Balaban J connectivity index is 2.59. The van der Waals surface area contributed by atoms with Crippen LogP contribution in [0.25, 0.3) is 0 Å². The Morgan fingerprint density at radius 1 is 1.60 bits per heavy atom. The Hall–Kier alpha value is -1.34. The summed E-state index contributed by atoms with van der Waals surface area (Å²) in [5.41, 5.74) is 6.06. The molecule has 0 radical (unpaired) electrons. The van der Waals surface area contributed by atoms with Crippen LogP contribution in [0, 0.1) is 4.77 Å². The molecular formula is C8H13N5OS. The quantitative estimate of drug-likeness (QED) is 0.536. The first-order chi connectivity index (χ1) is 7.09. The van der Waals surface area contributed by atoms with Gasteiger partial charge in [0.25, 0.3) is 5.56 Å². The molecule has 6 nitrogen and oxygen atoms in total. The zero-order chi connectivity index (χ0) is 11.0. The minimum atomic E-state index is -0.194. The van der Waals surface area contributed by atoms with E-state index < -0.39 is 0 Å².